The van der Waals surface area contributed by atoms with E-state index in [1.165, 1.54) is 0 Å². The lowest BCUT2D eigenvalue weighted by Gasteiger charge is -2.11. The zero-order valence-corrected chi connectivity index (χ0v) is 10.7. The zero-order chi connectivity index (χ0) is 12.9. The molecule has 0 saturated heterocycles. The summed E-state index contributed by atoms with van der Waals surface area (Å²) in [5, 5.41) is 0. The third-order valence-electron chi connectivity index (χ3n) is 2.24. The van der Waals surface area contributed by atoms with Gasteiger partial charge < -0.3 is 11.5 Å². The molecule has 1 aliphatic carbocycles. The van der Waals surface area contributed by atoms with E-state index in [0.29, 0.717) is 17.0 Å². The van der Waals surface area contributed by atoms with Crippen molar-refractivity contribution in [3.8, 4) is 0 Å². The van der Waals surface area contributed by atoms with Gasteiger partial charge in [-0.2, -0.15) is 0 Å². The number of allylic oxidation sites excluding steroid dienone is 4. The maximum absolute atomic E-state index is 11.9. The largest absolute Gasteiger partial charge is 0.402 e. The Morgan fingerprint density at radius 1 is 1.59 bits per heavy atom. The Labute approximate surface area is 102 Å². The molecule has 1 aliphatic rings. The summed E-state index contributed by atoms with van der Waals surface area (Å²) in [6, 6.07) is -0.208. The van der Waals surface area contributed by atoms with Crippen LogP contribution in [0.3, 0.4) is 0 Å². The van der Waals surface area contributed by atoms with E-state index in [9.17, 15) is 8.42 Å². The summed E-state index contributed by atoms with van der Waals surface area (Å²) in [5.74, 6) is -0.0420. The minimum absolute atomic E-state index is 0.0420. The normalized spacial score (nSPS) is 21.9. The fraction of sp³-hybridized carbons (Fsp3) is 0.333. The summed E-state index contributed by atoms with van der Waals surface area (Å²) in [6.45, 7) is 1.74. The highest BCUT2D eigenvalue weighted by Crippen LogP contribution is 2.16. The Bertz CT molecular complexity index is 481. The second-order valence-electron chi connectivity index (χ2n) is 3.99. The summed E-state index contributed by atoms with van der Waals surface area (Å²) in [5.41, 5.74) is 11.7. The van der Waals surface area contributed by atoms with Crippen LogP contribution in [0.15, 0.2) is 47.1 Å². The molecule has 0 heterocycles. The molecule has 1 atom stereocenters. The fourth-order valence-electron chi connectivity index (χ4n) is 1.38. The van der Waals surface area contributed by atoms with Gasteiger partial charge in [-0.15, -0.1) is 0 Å². The molecule has 5 heteroatoms. The standard InChI is InChI=1S/C12H18N2O2S/c1-10(13)5-2-3-8-17(15,16)12-7-4-6-11(14)9-12/h2-5,7,9,11H,6,8,13-14H2,1H3/b3-2-,10-5+. The van der Waals surface area contributed by atoms with E-state index in [0.717, 1.165) is 0 Å². The average Bonchev–Trinajstić information content (AvgIpc) is 2.24. The van der Waals surface area contributed by atoms with Gasteiger partial charge >= 0.3 is 0 Å². The summed E-state index contributed by atoms with van der Waals surface area (Å²) >= 11 is 0. The lowest BCUT2D eigenvalue weighted by molar-refractivity contribution is 0.605. The first-order valence-corrected chi connectivity index (χ1v) is 7.02. The Kier molecular flexibility index (Phi) is 4.72. The topological polar surface area (TPSA) is 86.2 Å². The van der Waals surface area contributed by atoms with E-state index in [-0.39, 0.29) is 11.8 Å². The van der Waals surface area contributed by atoms with Gasteiger partial charge in [-0.25, -0.2) is 8.42 Å². The number of rotatable bonds is 4. The lowest BCUT2D eigenvalue weighted by Crippen LogP contribution is -2.20. The van der Waals surface area contributed by atoms with Gasteiger partial charge in [-0.3, -0.25) is 0 Å². The van der Waals surface area contributed by atoms with Crippen molar-refractivity contribution in [2.45, 2.75) is 19.4 Å². The average molecular weight is 254 g/mol. The molecule has 4 nitrogen and oxygen atoms in total. The molecule has 0 bridgehead atoms. The van der Waals surface area contributed by atoms with E-state index >= 15 is 0 Å². The maximum Gasteiger partial charge on any atom is 0.181 e. The monoisotopic (exact) mass is 254 g/mol. The van der Waals surface area contributed by atoms with Crippen LogP contribution < -0.4 is 11.5 Å². The third-order valence-corrected chi connectivity index (χ3v) is 3.86. The minimum Gasteiger partial charge on any atom is -0.402 e. The molecule has 0 saturated carbocycles. The molecule has 0 radical (unpaired) electrons. The SMILES string of the molecule is C/C(N)=C\C=C/CS(=O)(=O)C1=CC(N)CC=C1. The molecule has 4 N–H and O–H groups in total. The van der Waals surface area contributed by atoms with E-state index < -0.39 is 9.84 Å². The van der Waals surface area contributed by atoms with Crippen molar-refractivity contribution in [1.82, 2.24) is 0 Å². The molecule has 0 spiro atoms. The molecular weight excluding hydrogens is 236 g/mol. The highest BCUT2D eigenvalue weighted by atomic mass is 32.2. The van der Waals surface area contributed by atoms with Gasteiger partial charge in [0.15, 0.2) is 9.84 Å². The molecule has 0 aromatic carbocycles. The number of nitrogens with two attached hydrogens (primary N) is 2. The van der Waals surface area contributed by atoms with E-state index in [1.54, 1.807) is 43.4 Å². The molecule has 0 amide bonds. The highest BCUT2D eigenvalue weighted by Gasteiger charge is 2.16. The molecule has 1 rings (SSSR count). The van der Waals surface area contributed by atoms with Crippen molar-refractivity contribution in [1.29, 1.82) is 0 Å². The number of hydrogen-bond donors (Lipinski definition) is 2. The van der Waals surface area contributed by atoms with Gasteiger partial charge in [0.05, 0.1) is 10.7 Å². The smallest absolute Gasteiger partial charge is 0.181 e. The zero-order valence-electron chi connectivity index (χ0n) is 9.84. The van der Waals surface area contributed by atoms with Crippen LogP contribution in [0.4, 0.5) is 0 Å². The van der Waals surface area contributed by atoms with Crippen molar-refractivity contribution in [2.75, 3.05) is 5.75 Å². The summed E-state index contributed by atoms with van der Waals surface area (Å²) < 4.78 is 23.8. The van der Waals surface area contributed by atoms with E-state index in [4.69, 9.17) is 11.5 Å². The van der Waals surface area contributed by atoms with Crippen LogP contribution in [-0.2, 0) is 9.84 Å². The second-order valence-corrected chi connectivity index (χ2v) is 6.03. The Morgan fingerprint density at radius 2 is 2.29 bits per heavy atom. The van der Waals surface area contributed by atoms with Crippen LogP contribution in [0.1, 0.15) is 13.3 Å². The van der Waals surface area contributed by atoms with Crippen LogP contribution in [0.2, 0.25) is 0 Å². The van der Waals surface area contributed by atoms with E-state index in [1.807, 2.05) is 0 Å². The summed E-state index contributed by atoms with van der Waals surface area (Å²) in [6.07, 6.45) is 10.5. The van der Waals surface area contributed by atoms with Gasteiger partial charge in [-0.1, -0.05) is 18.2 Å². The molecule has 0 aromatic rings. The molecule has 94 valence electrons. The van der Waals surface area contributed by atoms with Crippen LogP contribution in [0, 0.1) is 0 Å². The first-order chi connectivity index (χ1) is 7.92. The molecule has 0 aromatic heterocycles. The summed E-state index contributed by atoms with van der Waals surface area (Å²) in [7, 11) is -3.28. The molecule has 0 aliphatic heterocycles. The molecular formula is C12H18N2O2S. The molecule has 0 fully saturated rings. The highest BCUT2D eigenvalue weighted by molar-refractivity contribution is 7.95. The van der Waals surface area contributed by atoms with Gasteiger partial charge in [0.2, 0.25) is 0 Å². The van der Waals surface area contributed by atoms with Crippen molar-refractivity contribution >= 4 is 9.84 Å². The Balaban J connectivity index is 2.73. The van der Waals surface area contributed by atoms with Crippen LogP contribution >= 0.6 is 0 Å². The maximum atomic E-state index is 11.9. The minimum atomic E-state index is -3.28. The first-order valence-electron chi connectivity index (χ1n) is 5.37. The lowest BCUT2D eigenvalue weighted by atomic mass is 10.1. The predicted octanol–water partition coefficient (Wildman–Crippen LogP) is 0.991. The van der Waals surface area contributed by atoms with Crippen molar-refractivity contribution in [3.63, 3.8) is 0 Å². The third kappa shape index (κ3) is 4.58. The number of hydrogen-bond acceptors (Lipinski definition) is 4. The number of sulfone groups is 1. The molecule has 17 heavy (non-hydrogen) atoms. The molecule has 1 unspecified atom stereocenters. The van der Waals surface area contributed by atoms with Gasteiger partial charge in [0, 0.05) is 11.7 Å². The van der Waals surface area contributed by atoms with Crippen LogP contribution in [-0.4, -0.2) is 20.2 Å². The van der Waals surface area contributed by atoms with Crippen LogP contribution in [0.25, 0.3) is 0 Å². The van der Waals surface area contributed by atoms with Crippen molar-refractivity contribution < 1.29 is 8.42 Å². The van der Waals surface area contributed by atoms with Gasteiger partial charge in [0.1, 0.15) is 0 Å². The first kappa shape index (κ1) is 13.7. The Morgan fingerprint density at radius 3 is 2.88 bits per heavy atom. The second kappa shape index (κ2) is 5.84. The van der Waals surface area contributed by atoms with Crippen molar-refractivity contribution in [3.05, 3.63) is 47.1 Å². The fourth-order valence-corrected chi connectivity index (χ4v) is 2.62. The van der Waals surface area contributed by atoms with Gasteiger partial charge in [-0.05, 0) is 31.6 Å². The van der Waals surface area contributed by atoms with Crippen LogP contribution in [0.5, 0.6) is 0 Å². The Hall–Kier alpha value is -1.33. The summed E-state index contributed by atoms with van der Waals surface area (Å²) in [4.78, 5) is 0.300. The van der Waals surface area contributed by atoms with Crippen molar-refractivity contribution in [2.24, 2.45) is 11.5 Å². The predicted molar refractivity (Wildman–Crippen MR) is 70.7 cm³/mol. The van der Waals surface area contributed by atoms with Gasteiger partial charge in [0.25, 0.3) is 0 Å². The quantitative estimate of drug-likeness (QED) is 0.733. The van der Waals surface area contributed by atoms with E-state index in [2.05, 4.69) is 0 Å².